The van der Waals surface area contributed by atoms with Crippen molar-refractivity contribution in [2.75, 3.05) is 6.61 Å². The molecule has 0 aliphatic heterocycles. The Bertz CT molecular complexity index is 1320. The minimum atomic E-state index is -1.15. The van der Waals surface area contributed by atoms with Gasteiger partial charge in [0, 0.05) is 41.0 Å². The van der Waals surface area contributed by atoms with Crippen LogP contribution in [0.5, 0.6) is 5.75 Å². The molecule has 4 aromatic rings. The Morgan fingerprint density at radius 3 is 2.62 bits per heavy atom. The number of ether oxygens (including phenoxy) is 1. The number of nitrogens with zero attached hydrogens (tertiary/aromatic N) is 1. The number of aliphatic carboxylic acids is 1. The molecule has 172 valence electrons. The molecule has 0 saturated heterocycles. The highest BCUT2D eigenvalue weighted by molar-refractivity contribution is 6.14. The molecule has 0 radical (unpaired) electrons. The van der Waals surface area contributed by atoms with Crippen molar-refractivity contribution in [2.24, 2.45) is 0 Å². The van der Waals surface area contributed by atoms with Crippen LogP contribution in [0.1, 0.15) is 21.6 Å². The number of rotatable bonds is 10. The minimum Gasteiger partial charge on any atom is -0.484 e. The van der Waals surface area contributed by atoms with Crippen LogP contribution in [0.2, 0.25) is 0 Å². The van der Waals surface area contributed by atoms with E-state index in [0.717, 1.165) is 16.5 Å². The fourth-order valence-corrected chi connectivity index (χ4v) is 3.41. The zero-order valence-electron chi connectivity index (χ0n) is 18.0. The number of allylic oxidation sites excluding steroid dienone is 1. The number of aromatic amines is 2. The van der Waals surface area contributed by atoms with E-state index in [4.69, 9.17) is 4.74 Å². The Morgan fingerprint density at radius 2 is 1.88 bits per heavy atom. The molecule has 1 amide bonds. The molecule has 2 aromatic heterocycles. The molecular weight excluding hydrogens is 436 g/mol. The molecule has 0 aliphatic carbocycles. The molecule has 2 aromatic carbocycles. The fraction of sp³-hybridized carbons (Fsp3) is 0.120. The lowest BCUT2D eigenvalue weighted by Gasteiger charge is -2.14. The van der Waals surface area contributed by atoms with Crippen molar-refractivity contribution in [3.8, 4) is 5.75 Å². The monoisotopic (exact) mass is 458 g/mol. The number of para-hydroxylation sites is 1. The van der Waals surface area contributed by atoms with E-state index in [1.54, 1.807) is 36.5 Å². The maximum atomic E-state index is 12.6. The molecule has 0 spiro atoms. The van der Waals surface area contributed by atoms with Gasteiger partial charge in [-0.3, -0.25) is 9.59 Å². The highest BCUT2D eigenvalue weighted by atomic mass is 16.5. The minimum absolute atomic E-state index is 0.0827. The predicted molar refractivity (Wildman–Crippen MR) is 125 cm³/mol. The van der Waals surface area contributed by atoms with Crippen LogP contribution in [0.4, 0.5) is 0 Å². The number of benzene rings is 2. The maximum absolute atomic E-state index is 12.6. The van der Waals surface area contributed by atoms with E-state index in [1.807, 2.05) is 24.3 Å². The zero-order valence-corrected chi connectivity index (χ0v) is 18.0. The van der Waals surface area contributed by atoms with Gasteiger partial charge in [-0.15, -0.1) is 0 Å². The van der Waals surface area contributed by atoms with E-state index in [2.05, 4.69) is 20.3 Å². The molecular formula is C25H22N4O5. The molecule has 9 heteroatoms. The number of imidazole rings is 1. The van der Waals surface area contributed by atoms with Gasteiger partial charge in [-0.05, 0) is 29.8 Å². The second kappa shape index (κ2) is 10.3. The van der Waals surface area contributed by atoms with E-state index in [9.17, 15) is 19.5 Å². The first-order valence-electron chi connectivity index (χ1n) is 10.5. The quantitative estimate of drug-likeness (QED) is 0.213. The lowest BCUT2D eigenvalue weighted by atomic mass is 10.1. The Morgan fingerprint density at radius 1 is 1.09 bits per heavy atom. The second-order valence-corrected chi connectivity index (χ2v) is 7.54. The van der Waals surface area contributed by atoms with Crippen LogP contribution in [0.25, 0.3) is 17.0 Å². The van der Waals surface area contributed by atoms with Crippen LogP contribution in [0.15, 0.2) is 73.3 Å². The van der Waals surface area contributed by atoms with E-state index in [0.29, 0.717) is 17.0 Å². The summed E-state index contributed by atoms with van der Waals surface area (Å²) < 4.78 is 5.45. The first-order chi connectivity index (χ1) is 16.5. The van der Waals surface area contributed by atoms with E-state index in [-0.39, 0.29) is 18.8 Å². The van der Waals surface area contributed by atoms with Crippen molar-refractivity contribution in [2.45, 2.75) is 12.5 Å². The Labute approximate surface area is 194 Å². The first kappa shape index (κ1) is 22.5. The molecule has 0 aliphatic rings. The summed E-state index contributed by atoms with van der Waals surface area (Å²) in [6.07, 6.45) is 7.93. The number of ketones is 1. The third-order valence-corrected chi connectivity index (χ3v) is 5.14. The lowest BCUT2D eigenvalue weighted by molar-refractivity contribution is -0.142. The van der Waals surface area contributed by atoms with Crippen LogP contribution in [-0.4, -0.2) is 50.4 Å². The third-order valence-electron chi connectivity index (χ3n) is 5.14. The Balaban J connectivity index is 1.29. The average Bonchev–Trinajstić information content (AvgIpc) is 3.51. The molecule has 1 atom stereocenters. The van der Waals surface area contributed by atoms with Crippen LogP contribution in [0.3, 0.4) is 0 Å². The number of hydrogen-bond acceptors (Lipinski definition) is 5. The van der Waals surface area contributed by atoms with Crippen molar-refractivity contribution < 1.29 is 24.2 Å². The predicted octanol–water partition coefficient (Wildman–Crippen LogP) is 2.98. The number of amides is 1. The zero-order chi connectivity index (χ0) is 23.9. The van der Waals surface area contributed by atoms with Crippen LogP contribution < -0.4 is 10.1 Å². The normalized spacial score (nSPS) is 12.0. The van der Waals surface area contributed by atoms with Crippen molar-refractivity contribution in [3.63, 3.8) is 0 Å². The number of carbonyl (C=O) groups excluding carboxylic acids is 2. The highest BCUT2D eigenvalue weighted by Crippen LogP contribution is 2.19. The van der Waals surface area contributed by atoms with Gasteiger partial charge in [-0.25, -0.2) is 9.78 Å². The van der Waals surface area contributed by atoms with Crippen molar-refractivity contribution in [3.05, 3.63) is 90.1 Å². The number of carboxylic acid groups (broad SMARTS) is 1. The molecule has 9 nitrogen and oxygen atoms in total. The van der Waals surface area contributed by atoms with E-state index < -0.39 is 17.9 Å². The SMILES string of the molecule is O=C(COc1ccc(/C=C/C(=O)c2c[nH]c3ccccc23)cc1)N[C@@H](Cc1cnc[nH]1)C(=O)O. The molecule has 4 rings (SSSR count). The van der Waals surface area contributed by atoms with Gasteiger partial charge in [0.2, 0.25) is 0 Å². The van der Waals surface area contributed by atoms with Gasteiger partial charge in [0.25, 0.3) is 5.91 Å². The van der Waals surface area contributed by atoms with Gasteiger partial charge in [0.05, 0.1) is 6.33 Å². The molecule has 0 bridgehead atoms. The number of carbonyl (C=O) groups is 3. The second-order valence-electron chi connectivity index (χ2n) is 7.54. The fourth-order valence-electron chi connectivity index (χ4n) is 3.41. The number of fused-ring (bicyclic) bond motifs is 1. The number of nitrogens with one attached hydrogen (secondary N) is 3. The van der Waals surface area contributed by atoms with Crippen LogP contribution in [0, 0.1) is 0 Å². The summed E-state index contributed by atoms with van der Waals surface area (Å²) in [6, 6.07) is 13.3. The number of carboxylic acids is 1. The van der Waals surface area contributed by atoms with E-state index in [1.165, 1.54) is 18.6 Å². The highest BCUT2D eigenvalue weighted by Gasteiger charge is 2.21. The van der Waals surface area contributed by atoms with Crippen molar-refractivity contribution in [1.82, 2.24) is 20.3 Å². The van der Waals surface area contributed by atoms with Gasteiger partial charge >= 0.3 is 5.97 Å². The Hall–Kier alpha value is -4.66. The molecule has 2 heterocycles. The third kappa shape index (κ3) is 5.57. The standard InChI is InChI=1S/C25H22N4O5/c30-23(20-13-27-21-4-2-1-3-19(20)21)10-7-16-5-8-18(9-6-16)34-14-24(31)29-22(25(32)33)11-17-12-26-15-28-17/h1-10,12-13,15,22,27H,11,14H2,(H,26,28)(H,29,31)(H,32,33)/b10-7+/t22-/m0/s1. The molecule has 0 saturated carbocycles. The first-order valence-corrected chi connectivity index (χ1v) is 10.5. The maximum Gasteiger partial charge on any atom is 0.326 e. The summed E-state index contributed by atoms with van der Waals surface area (Å²) in [5.74, 6) is -1.38. The van der Waals surface area contributed by atoms with Gasteiger partial charge < -0.3 is 25.1 Å². The summed E-state index contributed by atoms with van der Waals surface area (Å²) in [7, 11) is 0. The van der Waals surface area contributed by atoms with Gasteiger partial charge in [-0.2, -0.15) is 0 Å². The summed E-state index contributed by atoms with van der Waals surface area (Å²) in [5.41, 5.74) is 2.89. The molecule has 0 unspecified atom stereocenters. The molecule has 34 heavy (non-hydrogen) atoms. The van der Waals surface area contributed by atoms with Crippen molar-refractivity contribution in [1.29, 1.82) is 0 Å². The van der Waals surface area contributed by atoms with Gasteiger partial charge in [-0.1, -0.05) is 36.4 Å². The van der Waals surface area contributed by atoms with E-state index >= 15 is 0 Å². The number of H-pyrrole nitrogens is 2. The van der Waals surface area contributed by atoms with Crippen molar-refractivity contribution >= 4 is 34.6 Å². The summed E-state index contributed by atoms with van der Waals surface area (Å²) >= 11 is 0. The number of aromatic nitrogens is 3. The molecule has 0 fully saturated rings. The van der Waals surface area contributed by atoms with Crippen LogP contribution >= 0.6 is 0 Å². The Kier molecular flexibility index (Phi) is 6.83. The summed E-state index contributed by atoms with van der Waals surface area (Å²) in [5, 5.41) is 12.6. The largest absolute Gasteiger partial charge is 0.484 e. The summed E-state index contributed by atoms with van der Waals surface area (Å²) in [6.45, 7) is -0.332. The number of hydrogen-bond donors (Lipinski definition) is 4. The van der Waals surface area contributed by atoms with Gasteiger partial charge in [0.15, 0.2) is 12.4 Å². The lowest BCUT2D eigenvalue weighted by Crippen LogP contribution is -2.44. The molecule has 4 N–H and O–H groups in total. The van der Waals surface area contributed by atoms with Gasteiger partial charge in [0.1, 0.15) is 11.8 Å². The van der Waals surface area contributed by atoms with Crippen LogP contribution in [-0.2, 0) is 16.0 Å². The smallest absolute Gasteiger partial charge is 0.326 e. The summed E-state index contributed by atoms with van der Waals surface area (Å²) in [4.78, 5) is 45.8. The average molecular weight is 458 g/mol. The topological polar surface area (TPSA) is 137 Å².